The monoisotopic (exact) mass is 277 g/mol. The number of aromatic nitrogens is 2. The van der Waals surface area contributed by atoms with Crippen LogP contribution in [0, 0.1) is 6.92 Å². The van der Waals surface area contributed by atoms with Gasteiger partial charge in [-0.05, 0) is 37.6 Å². The molecular weight excluding hydrogens is 258 g/mol. The molecule has 3 aromatic rings. The largest absolute Gasteiger partial charge is 0.378 e. The van der Waals surface area contributed by atoms with Gasteiger partial charge in [0.1, 0.15) is 0 Å². The summed E-state index contributed by atoms with van der Waals surface area (Å²) in [4.78, 5) is 4.09. The quantitative estimate of drug-likeness (QED) is 0.768. The Bertz CT molecular complexity index is 700. The van der Waals surface area contributed by atoms with Crippen molar-refractivity contribution in [2.75, 3.05) is 5.32 Å². The standard InChI is InChI=1S/C18H19N3/c1-14-6-8-16(9-7-14)15(2)20-17-4-3-5-18(12-17)21-11-10-19-13-21/h3-13,15,20H,1-2H3. The Labute approximate surface area is 125 Å². The average Bonchev–Trinajstić information content (AvgIpc) is 3.02. The number of benzene rings is 2. The molecule has 0 saturated heterocycles. The lowest BCUT2D eigenvalue weighted by atomic mass is 10.1. The van der Waals surface area contributed by atoms with Gasteiger partial charge in [-0.3, -0.25) is 0 Å². The fraction of sp³-hybridized carbons (Fsp3) is 0.167. The van der Waals surface area contributed by atoms with Gasteiger partial charge in [0.15, 0.2) is 0 Å². The summed E-state index contributed by atoms with van der Waals surface area (Å²) in [6, 6.07) is 17.3. The van der Waals surface area contributed by atoms with Gasteiger partial charge < -0.3 is 9.88 Å². The molecule has 0 aliphatic rings. The van der Waals surface area contributed by atoms with Crippen LogP contribution in [0.2, 0.25) is 0 Å². The zero-order valence-corrected chi connectivity index (χ0v) is 12.3. The molecule has 0 aliphatic heterocycles. The number of imidazole rings is 1. The summed E-state index contributed by atoms with van der Waals surface area (Å²) < 4.78 is 2.00. The van der Waals surface area contributed by atoms with Crippen molar-refractivity contribution in [2.45, 2.75) is 19.9 Å². The van der Waals surface area contributed by atoms with Crippen molar-refractivity contribution >= 4 is 5.69 Å². The van der Waals surface area contributed by atoms with Crippen LogP contribution < -0.4 is 5.32 Å². The SMILES string of the molecule is Cc1ccc(C(C)Nc2cccc(-n3ccnc3)c2)cc1. The highest BCUT2D eigenvalue weighted by Gasteiger charge is 2.05. The molecule has 0 radical (unpaired) electrons. The van der Waals surface area contributed by atoms with Crippen LogP contribution in [0.5, 0.6) is 0 Å². The van der Waals surface area contributed by atoms with Gasteiger partial charge in [-0.25, -0.2) is 4.98 Å². The van der Waals surface area contributed by atoms with Gasteiger partial charge in [0.05, 0.1) is 6.33 Å². The lowest BCUT2D eigenvalue weighted by Gasteiger charge is -2.16. The molecule has 1 unspecified atom stereocenters. The Morgan fingerprint density at radius 3 is 2.62 bits per heavy atom. The molecule has 1 heterocycles. The lowest BCUT2D eigenvalue weighted by Crippen LogP contribution is -2.06. The summed E-state index contributed by atoms with van der Waals surface area (Å²) in [5, 5.41) is 3.55. The smallest absolute Gasteiger partial charge is 0.0991 e. The van der Waals surface area contributed by atoms with Crippen LogP contribution in [0.25, 0.3) is 5.69 Å². The minimum Gasteiger partial charge on any atom is -0.378 e. The molecule has 0 amide bonds. The third kappa shape index (κ3) is 3.14. The fourth-order valence-electron chi connectivity index (χ4n) is 2.36. The maximum absolute atomic E-state index is 4.09. The maximum atomic E-state index is 4.09. The van der Waals surface area contributed by atoms with Crippen LogP contribution in [0.4, 0.5) is 5.69 Å². The van der Waals surface area contributed by atoms with Crippen LogP contribution in [-0.2, 0) is 0 Å². The molecule has 1 N–H and O–H groups in total. The average molecular weight is 277 g/mol. The molecule has 106 valence electrons. The molecule has 0 spiro atoms. The van der Waals surface area contributed by atoms with Crippen molar-refractivity contribution in [1.82, 2.24) is 9.55 Å². The summed E-state index contributed by atoms with van der Waals surface area (Å²) in [6.07, 6.45) is 5.54. The maximum Gasteiger partial charge on any atom is 0.0991 e. The Hall–Kier alpha value is -2.55. The number of aryl methyl sites for hydroxylation is 1. The van der Waals surface area contributed by atoms with Gasteiger partial charge in [0.25, 0.3) is 0 Å². The molecule has 3 heteroatoms. The van der Waals surface area contributed by atoms with Crippen LogP contribution in [0.1, 0.15) is 24.1 Å². The van der Waals surface area contributed by atoms with Crippen molar-refractivity contribution in [2.24, 2.45) is 0 Å². The zero-order valence-electron chi connectivity index (χ0n) is 12.3. The zero-order chi connectivity index (χ0) is 14.7. The second kappa shape index (κ2) is 5.83. The third-order valence-corrected chi connectivity index (χ3v) is 3.61. The number of hydrogen-bond donors (Lipinski definition) is 1. The van der Waals surface area contributed by atoms with E-state index in [1.807, 2.05) is 17.1 Å². The molecule has 1 atom stereocenters. The number of anilines is 1. The predicted molar refractivity (Wildman–Crippen MR) is 86.8 cm³/mol. The van der Waals surface area contributed by atoms with E-state index in [4.69, 9.17) is 0 Å². The van der Waals surface area contributed by atoms with Gasteiger partial charge in [0.2, 0.25) is 0 Å². The summed E-state index contributed by atoms with van der Waals surface area (Å²) in [5.74, 6) is 0. The number of nitrogens with one attached hydrogen (secondary N) is 1. The molecular formula is C18H19N3. The fourth-order valence-corrected chi connectivity index (χ4v) is 2.36. The number of rotatable bonds is 4. The molecule has 2 aromatic carbocycles. The molecule has 0 aliphatic carbocycles. The van der Waals surface area contributed by atoms with Crippen LogP contribution >= 0.6 is 0 Å². The minimum absolute atomic E-state index is 0.267. The Morgan fingerprint density at radius 1 is 1.10 bits per heavy atom. The van der Waals surface area contributed by atoms with Crippen LogP contribution in [0.3, 0.4) is 0 Å². The van der Waals surface area contributed by atoms with E-state index in [-0.39, 0.29) is 6.04 Å². The van der Waals surface area contributed by atoms with E-state index in [0.717, 1.165) is 11.4 Å². The first kappa shape index (κ1) is 13.4. The Morgan fingerprint density at radius 2 is 1.90 bits per heavy atom. The van der Waals surface area contributed by atoms with Gasteiger partial charge in [-0.1, -0.05) is 35.9 Å². The third-order valence-electron chi connectivity index (χ3n) is 3.61. The van der Waals surface area contributed by atoms with Gasteiger partial charge in [-0.15, -0.1) is 0 Å². The molecule has 3 rings (SSSR count). The Kier molecular flexibility index (Phi) is 3.73. The van der Waals surface area contributed by atoms with Gasteiger partial charge in [-0.2, -0.15) is 0 Å². The molecule has 1 aromatic heterocycles. The number of nitrogens with zero attached hydrogens (tertiary/aromatic N) is 2. The van der Waals surface area contributed by atoms with Crippen molar-refractivity contribution in [3.63, 3.8) is 0 Å². The van der Waals surface area contributed by atoms with Crippen molar-refractivity contribution < 1.29 is 0 Å². The lowest BCUT2D eigenvalue weighted by molar-refractivity contribution is 0.883. The van der Waals surface area contributed by atoms with Crippen molar-refractivity contribution in [3.8, 4) is 5.69 Å². The van der Waals surface area contributed by atoms with E-state index < -0.39 is 0 Å². The van der Waals surface area contributed by atoms with Crippen LogP contribution in [-0.4, -0.2) is 9.55 Å². The second-order valence-electron chi connectivity index (χ2n) is 5.30. The molecule has 0 saturated carbocycles. The normalized spacial score (nSPS) is 12.1. The van der Waals surface area contributed by atoms with E-state index >= 15 is 0 Å². The summed E-state index contributed by atoms with van der Waals surface area (Å²) in [7, 11) is 0. The van der Waals surface area contributed by atoms with E-state index in [9.17, 15) is 0 Å². The van der Waals surface area contributed by atoms with E-state index in [1.165, 1.54) is 11.1 Å². The van der Waals surface area contributed by atoms with E-state index in [0.29, 0.717) is 0 Å². The molecule has 3 nitrogen and oxygen atoms in total. The van der Waals surface area contributed by atoms with Crippen LogP contribution in [0.15, 0.2) is 67.3 Å². The van der Waals surface area contributed by atoms with Gasteiger partial charge >= 0.3 is 0 Å². The predicted octanol–water partition coefficient (Wildman–Crippen LogP) is 4.35. The van der Waals surface area contributed by atoms with E-state index in [1.54, 1.807) is 6.20 Å². The first-order chi connectivity index (χ1) is 10.2. The summed E-state index contributed by atoms with van der Waals surface area (Å²) >= 11 is 0. The highest BCUT2D eigenvalue weighted by Crippen LogP contribution is 2.21. The van der Waals surface area contributed by atoms with Crippen molar-refractivity contribution in [1.29, 1.82) is 0 Å². The highest BCUT2D eigenvalue weighted by atomic mass is 15.0. The highest BCUT2D eigenvalue weighted by molar-refractivity contribution is 5.52. The Balaban J connectivity index is 1.78. The van der Waals surface area contributed by atoms with E-state index in [2.05, 4.69) is 72.7 Å². The summed E-state index contributed by atoms with van der Waals surface area (Å²) in [5.41, 5.74) is 4.78. The minimum atomic E-state index is 0.267. The molecule has 21 heavy (non-hydrogen) atoms. The van der Waals surface area contributed by atoms with Crippen molar-refractivity contribution in [3.05, 3.63) is 78.4 Å². The number of hydrogen-bond acceptors (Lipinski definition) is 2. The van der Waals surface area contributed by atoms with Gasteiger partial charge in [0, 0.05) is 29.8 Å². The first-order valence-corrected chi connectivity index (χ1v) is 7.14. The second-order valence-corrected chi connectivity index (χ2v) is 5.30. The summed E-state index contributed by atoms with van der Waals surface area (Å²) in [6.45, 7) is 4.28. The topological polar surface area (TPSA) is 29.9 Å². The molecule has 0 bridgehead atoms. The first-order valence-electron chi connectivity index (χ1n) is 7.14. The molecule has 0 fully saturated rings.